The molecule has 142 valence electrons. The molecule has 0 N–H and O–H groups in total. The summed E-state index contributed by atoms with van der Waals surface area (Å²) >= 11 is 10.4. The van der Waals surface area contributed by atoms with Crippen LogP contribution in [0.5, 0.6) is 0 Å². The van der Waals surface area contributed by atoms with Gasteiger partial charge in [0, 0.05) is 32.4 Å². The number of halogens is 2. The second-order valence-electron chi connectivity index (χ2n) is 5.16. The Morgan fingerprint density at radius 3 is 1.77 bits per heavy atom. The van der Waals surface area contributed by atoms with Gasteiger partial charge in [-0.3, -0.25) is 14.9 Å². The van der Waals surface area contributed by atoms with Crippen molar-refractivity contribution in [3.8, 4) is 0 Å². The molecule has 2 rings (SSSR count). The van der Waals surface area contributed by atoms with E-state index in [0.29, 0.717) is 26.7 Å². The Morgan fingerprint density at radius 2 is 1.38 bits per heavy atom. The zero-order chi connectivity index (χ0) is 20.6. The summed E-state index contributed by atoms with van der Waals surface area (Å²) in [6.45, 7) is 7.97. The zero-order valence-electron chi connectivity index (χ0n) is 14.9. The molecule has 0 fully saturated rings. The Morgan fingerprint density at radius 1 is 1.00 bits per heavy atom. The highest BCUT2D eigenvalue weighted by atomic mass is 35.5. The van der Waals surface area contributed by atoms with Crippen molar-refractivity contribution in [2.75, 3.05) is 0 Å². The fourth-order valence-electron chi connectivity index (χ4n) is 1.63. The number of aromatic nitrogens is 2. The largest absolute Gasteiger partial charge is 0.619 e. The standard InChI is InChI=1S/C7H8ClNO.C7H8N2O3.C2H3ClO/c1-5-6(2)9(10)4-3-7(5)8;1-5-6(2)8(10)4-3-7(5)9(11)12;1-2(3)4/h3-4H,1-2H3;3-4H,1-2H3;1H3. The number of nitro groups is 1. The molecule has 0 saturated carbocycles. The highest BCUT2D eigenvalue weighted by Gasteiger charge is 2.17. The van der Waals surface area contributed by atoms with E-state index in [1.165, 1.54) is 19.2 Å². The molecule has 2 aromatic rings. The summed E-state index contributed by atoms with van der Waals surface area (Å²) in [5, 5.41) is 32.4. The lowest BCUT2D eigenvalue weighted by molar-refractivity contribution is -0.613. The fourth-order valence-corrected chi connectivity index (χ4v) is 1.82. The topological polar surface area (TPSA) is 114 Å². The molecule has 0 atom stereocenters. The van der Waals surface area contributed by atoms with Crippen LogP contribution in [0.3, 0.4) is 0 Å². The van der Waals surface area contributed by atoms with Crippen LogP contribution >= 0.6 is 23.2 Å². The molecule has 8 nitrogen and oxygen atoms in total. The van der Waals surface area contributed by atoms with Crippen molar-refractivity contribution >= 4 is 34.1 Å². The maximum absolute atomic E-state index is 10.9. The van der Waals surface area contributed by atoms with Gasteiger partial charge in [0.05, 0.1) is 21.6 Å². The third-order valence-electron chi connectivity index (χ3n) is 3.41. The van der Waals surface area contributed by atoms with Crippen LogP contribution in [0.4, 0.5) is 5.69 Å². The van der Waals surface area contributed by atoms with Gasteiger partial charge in [-0.15, -0.1) is 0 Å². The summed E-state index contributed by atoms with van der Waals surface area (Å²) in [6.07, 6.45) is 2.55. The molecule has 0 amide bonds. The van der Waals surface area contributed by atoms with Gasteiger partial charge in [-0.05, 0) is 25.4 Å². The lowest BCUT2D eigenvalue weighted by Gasteiger charge is -2.02. The van der Waals surface area contributed by atoms with Crippen LogP contribution in [0, 0.1) is 48.2 Å². The van der Waals surface area contributed by atoms with Crippen LogP contribution < -0.4 is 9.46 Å². The van der Waals surface area contributed by atoms with E-state index in [0.717, 1.165) is 16.5 Å². The number of pyridine rings is 2. The van der Waals surface area contributed by atoms with E-state index in [1.807, 2.05) is 6.92 Å². The van der Waals surface area contributed by atoms with Gasteiger partial charge >= 0.3 is 0 Å². The minimum Gasteiger partial charge on any atom is -0.619 e. The van der Waals surface area contributed by atoms with Crippen molar-refractivity contribution < 1.29 is 19.2 Å². The third-order valence-corrected chi connectivity index (χ3v) is 3.82. The van der Waals surface area contributed by atoms with Crippen LogP contribution in [-0.4, -0.2) is 10.2 Å². The SMILES string of the molecule is CC(=O)Cl.Cc1c(Cl)cc[n+]([O-])c1C.Cc1c([N+](=O)[O-])cc[n+]([O-])c1C. The molecule has 0 aromatic carbocycles. The van der Waals surface area contributed by atoms with Gasteiger partial charge in [0.2, 0.25) is 5.24 Å². The lowest BCUT2D eigenvalue weighted by atomic mass is 10.2. The highest BCUT2D eigenvalue weighted by molar-refractivity contribution is 6.62. The summed E-state index contributed by atoms with van der Waals surface area (Å²) in [5.74, 6) is 0. The first-order chi connectivity index (χ1) is 11.9. The van der Waals surface area contributed by atoms with E-state index in [2.05, 4.69) is 11.6 Å². The summed E-state index contributed by atoms with van der Waals surface area (Å²) in [5.41, 5.74) is 2.27. The Bertz CT molecular complexity index is 782. The van der Waals surface area contributed by atoms with Gasteiger partial charge in [-0.1, -0.05) is 11.6 Å². The van der Waals surface area contributed by atoms with Gasteiger partial charge in [0.15, 0.2) is 23.8 Å². The van der Waals surface area contributed by atoms with Gasteiger partial charge in [0.25, 0.3) is 5.69 Å². The van der Waals surface area contributed by atoms with E-state index >= 15 is 0 Å². The minimum absolute atomic E-state index is 0.0143. The smallest absolute Gasteiger partial charge is 0.284 e. The van der Waals surface area contributed by atoms with Gasteiger partial charge in [0.1, 0.15) is 0 Å². The molecule has 0 aliphatic heterocycles. The van der Waals surface area contributed by atoms with Crippen LogP contribution in [-0.2, 0) is 4.79 Å². The van der Waals surface area contributed by atoms with Crippen molar-refractivity contribution in [1.29, 1.82) is 0 Å². The number of carbonyl (C=O) groups is 1. The second kappa shape index (κ2) is 10.5. The van der Waals surface area contributed by atoms with E-state index in [9.17, 15) is 25.3 Å². The summed E-state index contributed by atoms with van der Waals surface area (Å²) in [4.78, 5) is 19.1. The maximum atomic E-state index is 10.9. The third kappa shape index (κ3) is 7.20. The van der Waals surface area contributed by atoms with Crippen molar-refractivity contribution in [3.05, 3.63) is 72.6 Å². The predicted molar refractivity (Wildman–Crippen MR) is 98.0 cm³/mol. The van der Waals surface area contributed by atoms with Crippen molar-refractivity contribution in [2.24, 2.45) is 0 Å². The molecule has 0 unspecified atom stereocenters. The highest BCUT2D eigenvalue weighted by Crippen LogP contribution is 2.16. The molecular formula is C16H19Cl2N3O5. The Labute approximate surface area is 160 Å². The summed E-state index contributed by atoms with van der Waals surface area (Å²) in [6, 6.07) is 2.80. The van der Waals surface area contributed by atoms with Crippen LogP contribution in [0.25, 0.3) is 0 Å². The van der Waals surface area contributed by atoms with Crippen LogP contribution in [0.2, 0.25) is 5.02 Å². The normalized spacial score (nSPS) is 9.35. The maximum Gasteiger partial charge on any atom is 0.284 e. The first-order valence-electron chi connectivity index (χ1n) is 7.24. The molecule has 26 heavy (non-hydrogen) atoms. The van der Waals surface area contributed by atoms with E-state index < -0.39 is 4.92 Å². The van der Waals surface area contributed by atoms with Gasteiger partial charge < -0.3 is 10.4 Å². The zero-order valence-corrected chi connectivity index (χ0v) is 16.5. The van der Waals surface area contributed by atoms with Gasteiger partial charge in [-0.2, -0.15) is 9.46 Å². The quantitative estimate of drug-likeness (QED) is 0.238. The lowest BCUT2D eigenvalue weighted by Crippen LogP contribution is -2.30. The molecule has 2 heterocycles. The molecule has 0 aliphatic carbocycles. The molecule has 0 radical (unpaired) electrons. The van der Waals surface area contributed by atoms with Crippen molar-refractivity contribution in [3.63, 3.8) is 0 Å². The Balaban J connectivity index is 0.000000405. The average Bonchev–Trinajstić information content (AvgIpc) is 2.54. The first kappa shape index (κ1) is 23.5. The Kier molecular flexibility index (Phi) is 9.53. The van der Waals surface area contributed by atoms with Crippen molar-refractivity contribution in [2.45, 2.75) is 34.6 Å². The minimum atomic E-state index is -0.498. The number of hydrogen-bond acceptors (Lipinski definition) is 5. The monoisotopic (exact) mass is 403 g/mol. The van der Waals surface area contributed by atoms with E-state index in [4.69, 9.17) is 11.6 Å². The number of nitrogens with zero attached hydrogens (tertiary/aromatic N) is 3. The van der Waals surface area contributed by atoms with Crippen molar-refractivity contribution in [1.82, 2.24) is 0 Å². The van der Waals surface area contributed by atoms with Crippen LogP contribution in [0.1, 0.15) is 29.4 Å². The van der Waals surface area contributed by atoms with E-state index in [-0.39, 0.29) is 10.9 Å². The molecule has 2 aromatic heterocycles. The Hall–Kier alpha value is -2.45. The van der Waals surface area contributed by atoms with Gasteiger partial charge in [-0.25, -0.2) is 0 Å². The molecule has 0 bridgehead atoms. The number of rotatable bonds is 1. The molecule has 0 aliphatic rings. The fraction of sp³-hybridized carbons (Fsp3) is 0.312. The summed E-state index contributed by atoms with van der Waals surface area (Å²) < 4.78 is 1.42. The summed E-state index contributed by atoms with van der Waals surface area (Å²) in [7, 11) is 0. The predicted octanol–water partition coefficient (Wildman–Crippen LogP) is 3.21. The number of hydrogen-bond donors (Lipinski definition) is 0. The number of carbonyl (C=O) groups excluding carboxylic acids is 1. The molecule has 0 spiro atoms. The first-order valence-corrected chi connectivity index (χ1v) is 8.00. The molecule has 10 heteroatoms. The van der Waals surface area contributed by atoms with Crippen LogP contribution in [0.15, 0.2) is 24.5 Å². The molecular weight excluding hydrogens is 385 g/mol. The van der Waals surface area contributed by atoms with E-state index in [1.54, 1.807) is 26.8 Å². The second-order valence-corrected chi connectivity index (χ2v) is 6.10. The molecule has 0 saturated heterocycles. The average molecular weight is 404 g/mol.